The van der Waals surface area contributed by atoms with E-state index in [1.54, 1.807) is 24.3 Å². The summed E-state index contributed by atoms with van der Waals surface area (Å²) in [7, 11) is 0. The first-order valence-electron chi connectivity index (χ1n) is 7.13. The Balaban J connectivity index is 1.78. The molecule has 3 nitrogen and oxygen atoms in total. The van der Waals surface area contributed by atoms with Gasteiger partial charge in [-0.1, -0.05) is 42.0 Å². The molecule has 0 spiro atoms. The minimum Gasteiger partial charge on any atom is -0.403 e. The summed E-state index contributed by atoms with van der Waals surface area (Å²) >= 11 is 0. The van der Waals surface area contributed by atoms with Crippen molar-refractivity contribution < 1.29 is 13.9 Å². The molecule has 0 saturated carbocycles. The SMILES string of the molecule is Cc1ccc(/C=C/C2=NC(=C\c3ccc(F)cc3)/C(=O)O2)cc1. The third kappa shape index (κ3) is 3.80. The van der Waals surface area contributed by atoms with E-state index in [0.29, 0.717) is 5.56 Å². The van der Waals surface area contributed by atoms with Crippen LogP contribution in [-0.4, -0.2) is 11.9 Å². The molecule has 1 aliphatic rings. The second-order valence-corrected chi connectivity index (χ2v) is 5.16. The first kappa shape index (κ1) is 14.9. The van der Waals surface area contributed by atoms with E-state index >= 15 is 0 Å². The van der Waals surface area contributed by atoms with Crippen LogP contribution in [0.3, 0.4) is 0 Å². The van der Waals surface area contributed by atoms with Crippen LogP contribution < -0.4 is 0 Å². The van der Waals surface area contributed by atoms with Gasteiger partial charge in [0, 0.05) is 6.08 Å². The summed E-state index contributed by atoms with van der Waals surface area (Å²) in [5.74, 6) is -0.604. The first-order valence-corrected chi connectivity index (χ1v) is 7.13. The number of ether oxygens (including phenoxy) is 1. The van der Waals surface area contributed by atoms with Crippen LogP contribution in [0.2, 0.25) is 0 Å². The van der Waals surface area contributed by atoms with Gasteiger partial charge in [0.1, 0.15) is 5.82 Å². The average Bonchev–Trinajstić information content (AvgIpc) is 2.89. The van der Waals surface area contributed by atoms with Gasteiger partial charge in [-0.3, -0.25) is 0 Å². The summed E-state index contributed by atoms with van der Waals surface area (Å²) in [6.07, 6.45) is 5.04. The number of carbonyl (C=O) groups excluding carboxylic acids is 1. The van der Waals surface area contributed by atoms with Crippen LogP contribution in [0, 0.1) is 12.7 Å². The summed E-state index contributed by atoms with van der Waals surface area (Å²) in [5.41, 5.74) is 3.05. The topological polar surface area (TPSA) is 38.7 Å². The van der Waals surface area contributed by atoms with Gasteiger partial charge in [0.05, 0.1) is 0 Å². The van der Waals surface area contributed by atoms with Gasteiger partial charge in [-0.05, 0) is 42.3 Å². The van der Waals surface area contributed by atoms with Crippen LogP contribution in [-0.2, 0) is 9.53 Å². The summed E-state index contributed by atoms with van der Waals surface area (Å²) < 4.78 is 18.0. The maximum absolute atomic E-state index is 12.9. The minimum atomic E-state index is -0.516. The molecule has 1 heterocycles. The van der Waals surface area contributed by atoms with Crippen LogP contribution in [0.15, 0.2) is 65.3 Å². The molecule has 0 unspecified atom stereocenters. The number of esters is 1. The van der Waals surface area contributed by atoms with E-state index in [2.05, 4.69) is 4.99 Å². The fourth-order valence-corrected chi connectivity index (χ4v) is 2.06. The number of hydrogen-bond acceptors (Lipinski definition) is 3. The second-order valence-electron chi connectivity index (χ2n) is 5.16. The summed E-state index contributed by atoms with van der Waals surface area (Å²) in [5, 5.41) is 0. The highest BCUT2D eigenvalue weighted by molar-refractivity contribution is 6.11. The molecule has 0 fully saturated rings. The zero-order valence-corrected chi connectivity index (χ0v) is 12.5. The Hall–Kier alpha value is -3.01. The van der Waals surface area contributed by atoms with Crippen molar-refractivity contribution in [2.45, 2.75) is 6.92 Å². The second kappa shape index (κ2) is 6.40. The zero-order valence-electron chi connectivity index (χ0n) is 12.5. The fourth-order valence-electron chi connectivity index (χ4n) is 2.06. The van der Waals surface area contributed by atoms with Crippen molar-refractivity contribution >= 4 is 24.0 Å². The molecule has 0 N–H and O–H groups in total. The molecule has 0 amide bonds. The van der Waals surface area contributed by atoms with Crippen molar-refractivity contribution in [1.29, 1.82) is 0 Å². The van der Waals surface area contributed by atoms with Gasteiger partial charge in [-0.25, -0.2) is 14.2 Å². The van der Waals surface area contributed by atoms with Crippen LogP contribution in [0.1, 0.15) is 16.7 Å². The van der Waals surface area contributed by atoms with Crippen molar-refractivity contribution in [3.63, 3.8) is 0 Å². The molecule has 0 saturated heterocycles. The Labute approximate surface area is 133 Å². The highest BCUT2D eigenvalue weighted by atomic mass is 19.1. The predicted octanol–water partition coefficient (Wildman–Crippen LogP) is 4.14. The van der Waals surface area contributed by atoms with Crippen molar-refractivity contribution in [3.8, 4) is 0 Å². The monoisotopic (exact) mass is 307 g/mol. The van der Waals surface area contributed by atoms with Crippen LogP contribution in [0.5, 0.6) is 0 Å². The van der Waals surface area contributed by atoms with Gasteiger partial charge in [0.25, 0.3) is 0 Å². The van der Waals surface area contributed by atoms with Crippen molar-refractivity contribution in [1.82, 2.24) is 0 Å². The number of benzene rings is 2. The standard InChI is InChI=1S/C19H14FNO2/c1-13-2-4-14(5-3-13)8-11-18-21-17(19(22)23-18)12-15-6-9-16(20)10-7-15/h2-12H,1H3/b11-8+,17-12-. The predicted molar refractivity (Wildman–Crippen MR) is 88.1 cm³/mol. The Morgan fingerprint density at radius 2 is 1.61 bits per heavy atom. The smallest absolute Gasteiger partial charge is 0.363 e. The normalized spacial score (nSPS) is 16.0. The summed E-state index contributed by atoms with van der Waals surface area (Å²) in [6.45, 7) is 2.02. The van der Waals surface area contributed by atoms with E-state index in [0.717, 1.165) is 5.56 Å². The molecule has 2 aromatic rings. The molecule has 0 aromatic heterocycles. The van der Waals surface area contributed by atoms with Gasteiger partial charge in [0.15, 0.2) is 5.70 Å². The largest absolute Gasteiger partial charge is 0.403 e. The Morgan fingerprint density at radius 3 is 2.30 bits per heavy atom. The van der Waals surface area contributed by atoms with Gasteiger partial charge in [-0.2, -0.15) is 0 Å². The third-order valence-electron chi connectivity index (χ3n) is 3.31. The molecule has 0 radical (unpaired) electrons. The molecule has 0 bridgehead atoms. The van der Waals surface area contributed by atoms with E-state index in [9.17, 15) is 9.18 Å². The number of aryl methyl sites for hydroxylation is 1. The minimum absolute atomic E-state index is 0.195. The van der Waals surface area contributed by atoms with E-state index in [4.69, 9.17) is 4.74 Å². The van der Waals surface area contributed by atoms with Gasteiger partial charge >= 0.3 is 5.97 Å². The molecule has 0 aliphatic carbocycles. The number of carbonyl (C=O) groups is 1. The third-order valence-corrected chi connectivity index (χ3v) is 3.31. The van der Waals surface area contributed by atoms with Gasteiger partial charge < -0.3 is 4.74 Å². The van der Waals surface area contributed by atoms with Crippen molar-refractivity contribution in [2.75, 3.05) is 0 Å². The lowest BCUT2D eigenvalue weighted by Gasteiger charge is -1.95. The quantitative estimate of drug-likeness (QED) is 0.631. The lowest BCUT2D eigenvalue weighted by molar-refractivity contribution is -0.129. The first-order chi connectivity index (χ1) is 11.1. The Kier molecular flexibility index (Phi) is 4.15. The number of rotatable bonds is 3. The molecule has 0 atom stereocenters. The zero-order chi connectivity index (χ0) is 16.2. The van der Waals surface area contributed by atoms with Crippen LogP contribution in [0.25, 0.3) is 12.2 Å². The summed E-state index contributed by atoms with van der Waals surface area (Å²) in [4.78, 5) is 15.9. The average molecular weight is 307 g/mol. The molecular weight excluding hydrogens is 293 g/mol. The number of cyclic esters (lactones) is 1. The molecule has 4 heteroatoms. The Bertz CT molecular complexity index is 815. The van der Waals surface area contributed by atoms with Crippen LogP contribution in [0.4, 0.5) is 4.39 Å². The van der Waals surface area contributed by atoms with Crippen LogP contribution >= 0.6 is 0 Å². The molecule has 23 heavy (non-hydrogen) atoms. The number of nitrogens with zero attached hydrogens (tertiary/aromatic N) is 1. The maximum Gasteiger partial charge on any atom is 0.363 e. The van der Waals surface area contributed by atoms with Gasteiger partial charge in [0.2, 0.25) is 5.90 Å². The van der Waals surface area contributed by atoms with Gasteiger partial charge in [-0.15, -0.1) is 0 Å². The van der Waals surface area contributed by atoms with E-state index in [-0.39, 0.29) is 17.4 Å². The summed E-state index contributed by atoms with van der Waals surface area (Å²) in [6, 6.07) is 13.8. The number of aliphatic imine (C=N–C) groups is 1. The highest BCUT2D eigenvalue weighted by Gasteiger charge is 2.20. The number of halogens is 1. The molecule has 3 rings (SSSR count). The maximum atomic E-state index is 12.9. The fraction of sp³-hybridized carbons (Fsp3) is 0.0526. The van der Waals surface area contributed by atoms with Crippen molar-refractivity contribution in [3.05, 3.63) is 82.8 Å². The highest BCUT2D eigenvalue weighted by Crippen LogP contribution is 2.17. The molecular formula is C19H14FNO2. The Morgan fingerprint density at radius 1 is 0.957 bits per heavy atom. The lowest BCUT2D eigenvalue weighted by Crippen LogP contribution is -2.01. The van der Waals surface area contributed by atoms with E-state index in [1.807, 2.05) is 37.3 Å². The molecule has 1 aliphatic heterocycles. The molecule has 114 valence electrons. The lowest BCUT2D eigenvalue weighted by atomic mass is 10.1. The van der Waals surface area contributed by atoms with Crippen molar-refractivity contribution in [2.24, 2.45) is 4.99 Å². The number of hydrogen-bond donors (Lipinski definition) is 0. The van der Waals surface area contributed by atoms with E-state index in [1.165, 1.54) is 17.7 Å². The molecule has 2 aromatic carbocycles. The van der Waals surface area contributed by atoms with E-state index < -0.39 is 5.97 Å².